The van der Waals surface area contributed by atoms with Crippen molar-refractivity contribution in [3.8, 4) is 11.5 Å². The highest BCUT2D eigenvalue weighted by Gasteiger charge is 2.12. The number of para-hydroxylation sites is 2. The van der Waals surface area contributed by atoms with E-state index in [0.717, 1.165) is 5.56 Å². The van der Waals surface area contributed by atoms with E-state index in [2.05, 4.69) is 10.6 Å². The highest BCUT2D eigenvalue weighted by Crippen LogP contribution is 2.28. The summed E-state index contributed by atoms with van der Waals surface area (Å²) in [4.78, 5) is 22.5. The molecule has 0 saturated heterocycles. The Balaban J connectivity index is 1.78. The van der Waals surface area contributed by atoms with Crippen molar-refractivity contribution in [2.75, 3.05) is 32.1 Å². The zero-order valence-electron chi connectivity index (χ0n) is 15.8. The van der Waals surface area contributed by atoms with Crippen LogP contribution in [0.1, 0.15) is 12.5 Å². The lowest BCUT2D eigenvalue weighted by Crippen LogP contribution is -2.32. The van der Waals surface area contributed by atoms with Crippen molar-refractivity contribution in [3.63, 3.8) is 0 Å². The molecule has 2 aromatic carbocycles. The maximum atomic E-state index is 11.9. The number of allylic oxidation sites excluding steroid dienone is 1. The Morgan fingerprint density at radius 3 is 2.68 bits per heavy atom. The van der Waals surface area contributed by atoms with Gasteiger partial charge in [-0.3, -0.25) is 14.9 Å². The number of nitro benzene ring substituents is 1. The Bertz CT molecular complexity index is 851. The monoisotopic (exact) mass is 385 g/mol. The molecule has 0 aliphatic rings. The predicted octanol–water partition coefficient (Wildman–Crippen LogP) is 3.24. The number of methoxy groups -OCH3 is 1. The number of anilines is 1. The summed E-state index contributed by atoms with van der Waals surface area (Å²) in [6, 6.07) is 11.8. The molecule has 0 heterocycles. The van der Waals surface area contributed by atoms with Gasteiger partial charge in [-0.05, 0) is 30.7 Å². The van der Waals surface area contributed by atoms with Gasteiger partial charge in [0.25, 0.3) is 11.6 Å². The third-order valence-electron chi connectivity index (χ3n) is 3.77. The molecule has 0 aliphatic heterocycles. The van der Waals surface area contributed by atoms with Crippen molar-refractivity contribution in [1.29, 1.82) is 0 Å². The second-order valence-electron chi connectivity index (χ2n) is 5.75. The smallest absolute Gasteiger partial charge is 0.292 e. The average Bonchev–Trinajstić information content (AvgIpc) is 2.70. The summed E-state index contributed by atoms with van der Waals surface area (Å²) < 4.78 is 10.8. The fraction of sp³-hybridized carbons (Fsp3) is 0.250. The molecule has 148 valence electrons. The van der Waals surface area contributed by atoms with E-state index < -0.39 is 4.92 Å². The van der Waals surface area contributed by atoms with Gasteiger partial charge in [0.15, 0.2) is 18.1 Å². The quantitative estimate of drug-likeness (QED) is 0.370. The molecule has 2 N–H and O–H groups in total. The molecule has 0 aromatic heterocycles. The van der Waals surface area contributed by atoms with Crippen LogP contribution in [0.15, 0.2) is 48.5 Å². The van der Waals surface area contributed by atoms with Crippen LogP contribution in [0.3, 0.4) is 0 Å². The van der Waals surface area contributed by atoms with Crippen LogP contribution in [0.25, 0.3) is 6.08 Å². The predicted molar refractivity (Wildman–Crippen MR) is 108 cm³/mol. The lowest BCUT2D eigenvalue weighted by Gasteiger charge is -2.12. The molecular formula is C20H23N3O5. The summed E-state index contributed by atoms with van der Waals surface area (Å²) in [6.45, 7) is 2.40. The maximum Gasteiger partial charge on any atom is 0.292 e. The molecule has 0 fully saturated rings. The SMILES string of the molecule is C/C=C/c1ccc(OCC(=O)NCCNc2ccccc2[N+](=O)[O-])c(OC)c1. The molecule has 0 saturated carbocycles. The fourth-order valence-electron chi connectivity index (χ4n) is 2.48. The van der Waals surface area contributed by atoms with Crippen LogP contribution in [0, 0.1) is 10.1 Å². The topological polar surface area (TPSA) is 103 Å². The van der Waals surface area contributed by atoms with Gasteiger partial charge in [0.2, 0.25) is 0 Å². The Labute approximate surface area is 163 Å². The zero-order chi connectivity index (χ0) is 20.4. The Hall–Kier alpha value is -3.55. The van der Waals surface area contributed by atoms with Gasteiger partial charge in [0.05, 0.1) is 12.0 Å². The lowest BCUT2D eigenvalue weighted by atomic mass is 10.2. The van der Waals surface area contributed by atoms with Crippen molar-refractivity contribution in [1.82, 2.24) is 5.32 Å². The molecule has 0 atom stereocenters. The molecule has 0 unspecified atom stereocenters. The van der Waals surface area contributed by atoms with E-state index in [1.54, 1.807) is 24.3 Å². The van der Waals surface area contributed by atoms with E-state index in [4.69, 9.17) is 9.47 Å². The zero-order valence-corrected chi connectivity index (χ0v) is 15.8. The number of ether oxygens (including phenoxy) is 2. The Kier molecular flexibility index (Phi) is 7.83. The van der Waals surface area contributed by atoms with Gasteiger partial charge in [0.1, 0.15) is 5.69 Å². The van der Waals surface area contributed by atoms with Crippen LogP contribution in [-0.2, 0) is 4.79 Å². The minimum atomic E-state index is -0.455. The van der Waals surface area contributed by atoms with Gasteiger partial charge in [-0.1, -0.05) is 30.4 Å². The van der Waals surface area contributed by atoms with E-state index in [0.29, 0.717) is 30.3 Å². The number of nitrogens with one attached hydrogen (secondary N) is 2. The first-order chi connectivity index (χ1) is 13.5. The van der Waals surface area contributed by atoms with Crippen LogP contribution in [0.4, 0.5) is 11.4 Å². The number of nitro groups is 1. The van der Waals surface area contributed by atoms with Gasteiger partial charge >= 0.3 is 0 Å². The molecule has 0 bridgehead atoms. The molecule has 0 aliphatic carbocycles. The summed E-state index contributed by atoms with van der Waals surface area (Å²) in [6.07, 6.45) is 3.85. The van der Waals surface area contributed by atoms with Crippen LogP contribution < -0.4 is 20.1 Å². The third kappa shape index (κ3) is 6.01. The maximum absolute atomic E-state index is 11.9. The largest absolute Gasteiger partial charge is 0.493 e. The number of hydrogen-bond donors (Lipinski definition) is 2. The van der Waals surface area contributed by atoms with Gasteiger partial charge in [-0.15, -0.1) is 0 Å². The van der Waals surface area contributed by atoms with E-state index in [1.807, 2.05) is 31.2 Å². The van der Waals surface area contributed by atoms with Gasteiger partial charge in [-0.2, -0.15) is 0 Å². The summed E-state index contributed by atoms with van der Waals surface area (Å²) >= 11 is 0. The first-order valence-corrected chi connectivity index (χ1v) is 8.72. The molecule has 2 rings (SSSR count). The molecule has 0 spiro atoms. The fourth-order valence-corrected chi connectivity index (χ4v) is 2.48. The van der Waals surface area contributed by atoms with Crippen LogP contribution in [0.2, 0.25) is 0 Å². The highest BCUT2D eigenvalue weighted by molar-refractivity contribution is 5.77. The van der Waals surface area contributed by atoms with Crippen molar-refractivity contribution in [3.05, 3.63) is 64.2 Å². The normalized spacial score (nSPS) is 10.5. The molecular weight excluding hydrogens is 362 g/mol. The van der Waals surface area contributed by atoms with Gasteiger partial charge in [0, 0.05) is 19.2 Å². The number of amides is 1. The van der Waals surface area contributed by atoms with Gasteiger partial charge in [-0.25, -0.2) is 0 Å². The highest BCUT2D eigenvalue weighted by atomic mass is 16.6. The number of benzene rings is 2. The first-order valence-electron chi connectivity index (χ1n) is 8.72. The number of nitrogens with zero attached hydrogens (tertiary/aromatic N) is 1. The second kappa shape index (κ2) is 10.6. The summed E-state index contributed by atoms with van der Waals surface area (Å²) in [5, 5.41) is 16.6. The molecule has 0 radical (unpaired) electrons. The number of rotatable bonds is 10. The van der Waals surface area contributed by atoms with E-state index in [9.17, 15) is 14.9 Å². The second-order valence-corrected chi connectivity index (χ2v) is 5.75. The molecule has 2 aromatic rings. The minimum absolute atomic E-state index is 0.00869. The van der Waals surface area contributed by atoms with E-state index in [1.165, 1.54) is 13.2 Å². The van der Waals surface area contributed by atoms with Gasteiger partial charge < -0.3 is 20.1 Å². The van der Waals surface area contributed by atoms with Crippen molar-refractivity contribution < 1.29 is 19.2 Å². The van der Waals surface area contributed by atoms with Crippen molar-refractivity contribution in [2.45, 2.75) is 6.92 Å². The molecule has 8 heteroatoms. The molecule has 1 amide bonds. The standard InChI is InChI=1S/C20H23N3O5/c1-3-6-15-9-10-18(19(13-15)27-2)28-14-20(24)22-12-11-21-16-7-4-5-8-17(16)23(25)26/h3-10,13,21H,11-12,14H2,1-2H3,(H,22,24)/b6-3+. The summed E-state index contributed by atoms with van der Waals surface area (Å²) in [7, 11) is 1.54. The lowest BCUT2D eigenvalue weighted by molar-refractivity contribution is -0.384. The number of hydrogen-bond acceptors (Lipinski definition) is 6. The molecule has 28 heavy (non-hydrogen) atoms. The van der Waals surface area contributed by atoms with Crippen LogP contribution in [0.5, 0.6) is 11.5 Å². The Morgan fingerprint density at radius 1 is 1.18 bits per heavy atom. The van der Waals surface area contributed by atoms with E-state index in [-0.39, 0.29) is 18.2 Å². The number of carbonyl (C=O) groups excluding carboxylic acids is 1. The van der Waals surface area contributed by atoms with Crippen molar-refractivity contribution >= 4 is 23.4 Å². The summed E-state index contributed by atoms with van der Waals surface area (Å²) in [5.74, 6) is 0.717. The Morgan fingerprint density at radius 2 is 1.96 bits per heavy atom. The van der Waals surface area contributed by atoms with E-state index >= 15 is 0 Å². The number of carbonyl (C=O) groups is 1. The summed E-state index contributed by atoms with van der Waals surface area (Å²) in [5.41, 5.74) is 1.37. The minimum Gasteiger partial charge on any atom is -0.493 e. The molecule has 8 nitrogen and oxygen atoms in total. The first kappa shape index (κ1) is 20.8. The third-order valence-corrected chi connectivity index (χ3v) is 3.77. The van der Waals surface area contributed by atoms with Crippen LogP contribution >= 0.6 is 0 Å². The average molecular weight is 385 g/mol. The van der Waals surface area contributed by atoms with Crippen LogP contribution in [-0.4, -0.2) is 37.6 Å². The van der Waals surface area contributed by atoms with Crippen molar-refractivity contribution in [2.24, 2.45) is 0 Å².